The summed E-state index contributed by atoms with van der Waals surface area (Å²) >= 11 is 0. The molecule has 0 saturated carbocycles. The quantitative estimate of drug-likeness (QED) is 0.246. The van der Waals surface area contributed by atoms with Crippen LogP contribution in [0.25, 0.3) is 0 Å². The second-order valence-electron chi connectivity index (χ2n) is 12.4. The molecule has 0 aliphatic carbocycles. The van der Waals surface area contributed by atoms with Crippen LogP contribution in [0, 0.1) is 43.9 Å². The summed E-state index contributed by atoms with van der Waals surface area (Å²) in [6.07, 6.45) is 7.98. The van der Waals surface area contributed by atoms with Crippen LogP contribution in [-0.4, -0.2) is 0 Å². The zero-order valence-electron chi connectivity index (χ0n) is 25.6. The molecule has 0 heteroatoms. The molecule has 0 nitrogen and oxygen atoms in total. The highest BCUT2D eigenvalue weighted by Gasteiger charge is 2.20. The average Bonchev–Trinajstić information content (AvgIpc) is 2.66. The summed E-state index contributed by atoms with van der Waals surface area (Å²) in [6, 6.07) is 4.64. The molecule has 0 heterocycles. The topological polar surface area (TPSA) is 0 Å². The fourth-order valence-corrected chi connectivity index (χ4v) is 3.65. The summed E-state index contributed by atoms with van der Waals surface area (Å²) in [5.41, 5.74) is 9.35. The molecule has 0 aliphatic rings. The van der Waals surface area contributed by atoms with Crippen LogP contribution in [0.4, 0.5) is 0 Å². The van der Waals surface area contributed by atoms with Gasteiger partial charge in [0.15, 0.2) is 0 Å². The second kappa shape index (κ2) is 19.2. The second-order valence-corrected chi connectivity index (χ2v) is 12.4. The first-order chi connectivity index (χ1) is 15.0. The highest BCUT2D eigenvalue weighted by Crippen LogP contribution is 2.31. The lowest BCUT2D eigenvalue weighted by molar-refractivity contribution is 0.221. The van der Waals surface area contributed by atoms with Crippen LogP contribution in [0.1, 0.15) is 145 Å². The molecule has 0 aliphatic heterocycles. The number of unbranched alkanes of at least 4 members (excludes halogenated alkanes) is 2. The maximum atomic E-state index is 2.38. The maximum absolute atomic E-state index is 2.38. The van der Waals surface area contributed by atoms with E-state index >= 15 is 0 Å². The lowest BCUT2D eigenvalue weighted by atomic mass is 9.77. The predicted octanol–water partition coefficient (Wildman–Crippen LogP) is 12.1. The van der Waals surface area contributed by atoms with E-state index in [1.807, 2.05) is 0 Å². The van der Waals surface area contributed by atoms with Gasteiger partial charge in [0.05, 0.1) is 0 Å². The van der Waals surface area contributed by atoms with Crippen molar-refractivity contribution in [3.05, 3.63) is 45.5 Å². The highest BCUT2D eigenvalue weighted by atomic mass is 14.3. The first-order valence-corrected chi connectivity index (χ1v) is 13.7. The number of hydrogen-bond acceptors (Lipinski definition) is 0. The van der Waals surface area contributed by atoms with Crippen LogP contribution < -0.4 is 0 Å². The molecule has 0 radical (unpaired) electrons. The lowest BCUT2D eigenvalue weighted by Crippen LogP contribution is -2.18. The maximum Gasteiger partial charge on any atom is -0.0255 e. The SMILES string of the molecule is C.CC(C)=C(C)CC(C)C.CCCCCC(C)(C)C(C)C.Cc1cc(CC(C)C)cc(C)c1C. The van der Waals surface area contributed by atoms with E-state index in [1.54, 1.807) is 5.57 Å². The van der Waals surface area contributed by atoms with Gasteiger partial charge in [-0.1, -0.05) is 112 Å². The van der Waals surface area contributed by atoms with Gasteiger partial charge in [0, 0.05) is 0 Å². The molecule has 0 saturated heterocycles. The molecular formula is C34H66. The normalized spacial score (nSPS) is 10.9. The summed E-state index contributed by atoms with van der Waals surface area (Å²) in [5.74, 6) is 2.38. The minimum Gasteiger partial charge on any atom is -0.0776 e. The standard InChI is InChI=1S/C13H20.C11H24.C9H18.CH4/c1-9(2)6-13-7-10(3)12(5)11(4)8-13;1-6-7-8-9-11(4,5)10(2)3;1-7(2)6-9(5)8(3)4;/h7-9H,6H2,1-5H3;10H,6-9H2,1-5H3;7H,6H2,1-5H3;1H4. The van der Waals surface area contributed by atoms with E-state index in [0.717, 1.165) is 17.8 Å². The molecule has 0 amide bonds. The van der Waals surface area contributed by atoms with Crippen molar-refractivity contribution in [3.8, 4) is 0 Å². The van der Waals surface area contributed by atoms with Gasteiger partial charge in [-0.15, -0.1) is 0 Å². The smallest absolute Gasteiger partial charge is 0.0255 e. The van der Waals surface area contributed by atoms with Gasteiger partial charge in [0.25, 0.3) is 0 Å². The fraction of sp³-hybridized carbons (Fsp3) is 0.765. The number of benzene rings is 1. The summed E-state index contributed by atoms with van der Waals surface area (Å²) in [4.78, 5) is 0. The number of rotatable bonds is 9. The third-order valence-corrected chi connectivity index (χ3v) is 7.19. The first-order valence-electron chi connectivity index (χ1n) is 13.7. The molecule has 1 aromatic carbocycles. The van der Waals surface area contributed by atoms with Crippen molar-refractivity contribution in [2.75, 3.05) is 0 Å². The van der Waals surface area contributed by atoms with E-state index in [1.165, 1.54) is 66.4 Å². The Labute approximate surface area is 218 Å². The van der Waals surface area contributed by atoms with Gasteiger partial charge < -0.3 is 0 Å². The third kappa shape index (κ3) is 18.3. The van der Waals surface area contributed by atoms with Gasteiger partial charge in [0.1, 0.15) is 0 Å². The number of hydrogen-bond donors (Lipinski definition) is 0. The van der Waals surface area contributed by atoms with Gasteiger partial charge in [-0.2, -0.15) is 0 Å². The summed E-state index contributed by atoms with van der Waals surface area (Å²) in [5, 5.41) is 0. The first kappa shape index (κ1) is 37.5. The largest absolute Gasteiger partial charge is 0.0776 e. The van der Waals surface area contributed by atoms with Crippen molar-refractivity contribution in [2.24, 2.45) is 23.2 Å². The third-order valence-electron chi connectivity index (χ3n) is 7.19. The van der Waals surface area contributed by atoms with E-state index in [0.29, 0.717) is 5.41 Å². The van der Waals surface area contributed by atoms with E-state index in [9.17, 15) is 0 Å². The van der Waals surface area contributed by atoms with Crippen molar-refractivity contribution in [3.63, 3.8) is 0 Å². The van der Waals surface area contributed by atoms with Gasteiger partial charge in [-0.3, -0.25) is 0 Å². The molecule has 0 spiro atoms. The molecule has 202 valence electrons. The zero-order chi connectivity index (χ0) is 26.4. The van der Waals surface area contributed by atoms with Crippen molar-refractivity contribution < 1.29 is 0 Å². The molecule has 0 atom stereocenters. The number of aryl methyl sites for hydroxylation is 2. The van der Waals surface area contributed by atoms with E-state index < -0.39 is 0 Å². The molecule has 34 heavy (non-hydrogen) atoms. The van der Waals surface area contributed by atoms with E-state index in [2.05, 4.69) is 116 Å². The Hall–Kier alpha value is -1.04. The molecule has 0 N–H and O–H groups in total. The monoisotopic (exact) mass is 475 g/mol. The minimum absolute atomic E-state index is 0. The predicted molar refractivity (Wildman–Crippen MR) is 162 cm³/mol. The Morgan fingerprint density at radius 3 is 1.56 bits per heavy atom. The Bertz CT molecular complexity index is 640. The average molecular weight is 475 g/mol. The van der Waals surface area contributed by atoms with E-state index in [-0.39, 0.29) is 7.43 Å². The Morgan fingerprint density at radius 2 is 1.26 bits per heavy atom. The van der Waals surface area contributed by atoms with Crippen LogP contribution in [0.15, 0.2) is 23.3 Å². The van der Waals surface area contributed by atoms with Crippen molar-refractivity contribution >= 4 is 0 Å². The minimum atomic E-state index is 0. The van der Waals surface area contributed by atoms with Gasteiger partial charge in [0.2, 0.25) is 0 Å². The zero-order valence-corrected chi connectivity index (χ0v) is 25.6. The molecule has 1 rings (SSSR count). The van der Waals surface area contributed by atoms with Gasteiger partial charge in [-0.05, 0) is 106 Å². The lowest BCUT2D eigenvalue weighted by Gasteiger charge is -2.29. The van der Waals surface area contributed by atoms with Crippen LogP contribution in [0.2, 0.25) is 0 Å². The fourth-order valence-electron chi connectivity index (χ4n) is 3.65. The Balaban J connectivity index is -0.000000426. The van der Waals surface area contributed by atoms with Crippen molar-refractivity contribution in [2.45, 2.75) is 150 Å². The summed E-state index contributed by atoms with van der Waals surface area (Å²) in [7, 11) is 0. The molecule has 0 bridgehead atoms. The summed E-state index contributed by atoms with van der Waals surface area (Å²) in [6.45, 7) is 33.9. The van der Waals surface area contributed by atoms with Crippen molar-refractivity contribution in [1.29, 1.82) is 0 Å². The molecule has 0 unspecified atom stereocenters. The highest BCUT2D eigenvalue weighted by molar-refractivity contribution is 5.36. The Morgan fingerprint density at radius 1 is 0.794 bits per heavy atom. The molecule has 0 aromatic heterocycles. The van der Waals surface area contributed by atoms with Crippen molar-refractivity contribution in [1.82, 2.24) is 0 Å². The molecule has 1 aromatic rings. The van der Waals surface area contributed by atoms with Crippen LogP contribution >= 0.6 is 0 Å². The van der Waals surface area contributed by atoms with Crippen LogP contribution in [-0.2, 0) is 6.42 Å². The summed E-state index contributed by atoms with van der Waals surface area (Å²) < 4.78 is 0. The van der Waals surface area contributed by atoms with Crippen LogP contribution in [0.3, 0.4) is 0 Å². The molecular weight excluding hydrogens is 408 g/mol. The van der Waals surface area contributed by atoms with Gasteiger partial charge in [-0.25, -0.2) is 0 Å². The Kier molecular flexibility index (Phi) is 21.2. The molecule has 0 fully saturated rings. The van der Waals surface area contributed by atoms with Crippen LogP contribution in [0.5, 0.6) is 0 Å². The van der Waals surface area contributed by atoms with E-state index in [4.69, 9.17) is 0 Å². The number of allylic oxidation sites excluding steroid dienone is 2. The van der Waals surface area contributed by atoms with Gasteiger partial charge >= 0.3 is 0 Å².